The number of aliphatic imine (C=N–C) groups is 1. The minimum atomic E-state index is 0.555. The molecule has 0 aliphatic rings. The van der Waals surface area contributed by atoms with Crippen molar-refractivity contribution in [2.45, 2.75) is 6.92 Å². The fourth-order valence-corrected chi connectivity index (χ4v) is 1.94. The Balaban J connectivity index is 2.29. The molecule has 17 heavy (non-hydrogen) atoms. The summed E-state index contributed by atoms with van der Waals surface area (Å²) in [7, 11) is 2.00. The van der Waals surface area contributed by atoms with Crippen molar-refractivity contribution in [2.24, 2.45) is 12.0 Å². The molecule has 0 bridgehead atoms. The van der Waals surface area contributed by atoms with E-state index in [4.69, 9.17) is 23.2 Å². The Morgan fingerprint density at radius 1 is 1.18 bits per heavy atom. The summed E-state index contributed by atoms with van der Waals surface area (Å²) in [4.78, 5) is 4.35. The molecule has 1 heterocycles. The molecule has 0 N–H and O–H groups in total. The van der Waals surface area contributed by atoms with Crippen LogP contribution in [0.25, 0.3) is 0 Å². The van der Waals surface area contributed by atoms with Crippen LogP contribution in [0.3, 0.4) is 0 Å². The van der Waals surface area contributed by atoms with Gasteiger partial charge in [-0.25, -0.2) is 0 Å². The van der Waals surface area contributed by atoms with Crippen LogP contribution >= 0.6 is 23.2 Å². The number of rotatable bonds is 2. The summed E-state index contributed by atoms with van der Waals surface area (Å²) in [5.74, 6) is 0. The van der Waals surface area contributed by atoms with Gasteiger partial charge in [-0.05, 0) is 37.3 Å². The zero-order chi connectivity index (χ0) is 12.4. The summed E-state index contributed by atoms with van der Waals surface area (Å²) in [5, 5.41) is 1.17. The molecule has 4 heteroatoms. The van der Waals surface area contributed by atoms with Gasteiger partial charge in [-0.15, -0.1) is 0 Å². The van der Waals surface area contributed by atoms with E-state index in [2.05, 4.69) is 9.56 Å². The number of hydrogen-bond acceptors (Lipinski definition) is 1. The summed E-state index contributed by atoms with van der Waals surface area (Å²) in [5.41, 5.74) is 2.94. The van der Waals surface area contributed by atoms with Crippen molar-refractivity contribution in [3.05, 3.63) is 51.8 Å². The fourth-order valence-electron chi connectivity index (χ4n) is 1.48. The maximum Gasteiger partial charge on any atom is 0.0817 e. The maximum absolute atomic E-state index is 6.04. The lowest BCUT2D eigenvalue weighted by Crippen LogP contribution is -1.96. The first kappa shape index (κ1) is 12.2. The van der Waals surface area contributed by atoms with Crippen molar-refractivity contribution in [1.82, 2.24) is 4.57 Å². The molecule has 0 radical (unpaired) electrons. The molecule has 0 saturated carbocycles. The molecular weight excluding hydrogens is 255 g/mol. The minimum absolute atomic E-state index is 0.555. The molecule has 0 aliphatic carbocycles. The lowest BCUT2D eigenvalue weighted by atomic mass is 10.3. The average Bonchev–Trinajstić information content (AvgIpc) is 2.59. The largest absolute Gasteiger partial charge is 0.347 e. The smallest absolute Gasteiger partial charge is 0.0817 e. The molecule has 0 aliphatic heterocycles. The van der Waals surface area contributed by atoms with Crippen LogP contribution in [-0.4, -0.2) is 10.8 Å². The first-order valence-electron chi connectivity index (χ1n) is 5.19. The zero-order valence-corrected chi connectivity index (χ0v) is 11.1. The van der Waals surface area contributed by atoms with Crippen molar-refractivity contribution in [2.75, 3.05) is 0 Å². The number of nitrogens with zero attached hydrogens (tertiary/aromatic N) is 2. The van der Waals surface area contributed by atoms with E-state index < -0.39 is 0 Å². The molecule has 0 spiro atoms. The highest BCUT2D eigenvalue weighted by atomic mass is 35.5. The highest BCUT2D eigenvalue weighted by Gasteiger charge is 2.00. The van der Waals surface area contributed by atoms with Crippen LogP contribution in [0.15, 0.2) is 35.3 Å². The van der Waals surface area contributed by atoms with Gasteiger partial charge in [-0.1, -0.05) is 23.2 Å². The van der Waals surface area contributed by atoms with Crippen molar-refractivity contribution >= 4 is 35.1 Å². The SMILES string of the molecule is Cc1ccc(C=Nc2ccc(Cl)cc2Cl)n1C. The number of aryl methyl sites for hydroxylation is 1. The van der Waals surface area contributed by atoms with Crippen molar-refractivity contribution in [3.8, 4) is 0 Å². The number of halogens is 2. The average molecular weight is 267 g/mol. The van der Waals surface area contributed by atoms with E-state index in [-0.39, 0.29) is 0 Å². The molecule has 0 amide bonds. The van der Waals surface area contributed by atoms with Gasteiger partial charge < -0.3 is 4.57 Å². The van der Waals surface area contributed by atoms with Crippen LogP contribution in [0.5, 0.6) is 0 Å². The third-order valence-electron chi connectivity index (χ3n) is 2.66. The van der Waals surface area contributed by atoms with Crippen LogP contribution in [0.1, 0.15) is 11.4 Å². The van der Waals surface area contributed by atoms with Gasteiger partial charge >= 0.3 is 0 Å². The van der Waals surface area contributed by atoms with E-state index in [1.54, 1.807) is 24.4 Å². The second-order valence-corrected chi connectivity index (χ2v) is 4.66. The molecule has 2 nitrogen and oxygen atoms in total. The van der Waals surface area contributed by atoms with Crippen LogP contribution in [0, 0.1) is 6.92 Å². The molecule has 0 atom stereocenters. The van der Waals surface area contributed by atoms with Gasteiger partial charge in [0.05, 0.1) is 22.6 Å². The van der Waals surface area contributed by atoms with E-state index in [0.717, 1.165) is 11.4 Å². The normalized spacial score (nSPS) is 11.3. The molecule has 0 unspecified atom stereocenters. The van der Waals surface area contributed by atoms with Crippen LogP contribution in [0.2, 0.25) is 10.0 Å². The Morgan fingerprint density at radius 2 is 1.94 bits per heavy atom. The summed E-state index contributed by atoms with van der Waals surface area (Å²) in [6.45, 7) is 2.05. The minimum Gasteiger partial charge on any atom is -0.347 e. The quantitative estimate of drug-likeness (QED) is 0.718. The number of hydrogen-bond donors (Lipinski definition) is 0. The first-order chi connectivity index (χ1) is 8.08. The number of aromatic nitrogens is 1. The third-order valence-corrected chi connectivity index (χ3v) is 3.20. The molecule has 1 aromatic heterocycles. The molecule has 2 rings (SSSR count). The van der Waals surface area contributed by atoms with Crippen molar-refractivity contribution in [1.29, 1.82) is 0 Å². The van der Waals surface area contributed by atoms with Gasteiger partial charge in [0.1, 0.15) is 0 Å². The van der Waals surface area contributed by atoms with Crippen LogP contribution in [0.4, 0.5) is 5.69 Å². The first-order valence-corrected chi connectivity index (χ1v) is 5.95. The lowest BCUT2D eigenvalue weighted by Gasteiger charge is -2.00. The molecular formula is C13H12Cl2N2. The highest BCUT2D eigenvalue weighted by Crippen LogP contribution is 2.27. The Bertz CT molecular complexity index is 571. The standard InChI is InChI=1S/C13H12Cl2N2/c1-9-3-5-11(17(9)2)8-16-13-6-4-10(14)7-12(13)15/h3-8H,1-2H3. The van der Waals surface area contributed by atoms with Gasteiger partial charge in [-0.2, -0.15) is 0 Å². The lowest BCUT2D eigenvalue weighted by molar-refractivity contribution is 0.874. The van der Waals surface area contributed by atoms with E-state index in [1.807, 2.05) is 26.1 Å². The van der Waals surface area contributed by atoms with E-state index in [0.29, 0.717) is 10.0 Å². The van der Waals surface area contributed by atoms with Crippen molar-refractivity contribution in [3.63, 3.8) is 0 Å². The van der Waals surface area contributed by atoms with Gasteiger partial charge in [0.25, 0.3) is 0 Å². The predicted molar refractivity (Wildman–Crippen MR) is 73.9 cm³/mol. The predicted octanol–water partition coefficient (Wildman–Crippen LogP) is 4.39. The summed E-state index contributed by atoms with van der Waals surface area (Å²) in [6, 6.07) is 9.33. The Labute approximate surface area is 111 Å². The Kier molecular flexibility index (Phi) is 3.55. The topological polar surface area (TPSA) is 17.3 Å². The summed E-state index contributed by atoms with van der Waals surface area (Å²) in [6.07, 6.45) is 1.79. The van der Waals surface area contributed by atoms with Gasteiger partial charge in [0, 0.05) is 17.8 Å². The molecule has 0 saturated heterocycles. The number of benzene rings is 1. The van der Waals surface area contributed by atoms with Gasteiger partial charge in [0.2, 0.25) is 0 Å². The van der Waals surface area contributed by atoms with Crippen molar-refractivity contribution < 1.29 is 0 Å². The van der Waals surface area contributed by atoms with Gasteiger partial charge in [-0.3, -0.25) is 4.99 Å². The maximum atomic E-state index is 6.04. The van der Waals surface area contributed by atoms with E-state index >= 15 is 0 Å². The monoisotopic (exact) mass is 266 g/mol. The summed E-state index contributed by atoms with van der Waals surface area (Å²) >= 11 is 11.9. The molecule has 88 valence electrons. The fraction of sp³-hybridized carbons (Fsp3) is 0.154. The Hall–Kier alpha value is -1.25. The molecule has 1 aromatic carbocycles. The van der Waals surface area contributed by atoms with E-state index in [9.17, 15) is 0 Å². The van der Waals surface area contributed by atoms with E-state index in [1.165, 1.54) is 5.69 Å². The summed E-state index contributed by atoms with van der Waals surface area (Å²) < 4.78 is 2.06. The molecule has 0 fully saturated rings. The van der Waals surface area contributed by atoms with Gasteiger partial charge in [0.15, 0.2) is 0 Å². The second-order valence-electron chi connectivity index (χ2n) is 3.81. The third kappa shape index (κ3) is 2.71. The Morgan fingerprint density at radius 3 is 2.53 bits per heavy atom. The van der Waals surface area contributed by atoms with Crippen LogP contribution < -0.4 is 0 Å². The highest BCUT2D eigenvalue weighted by molar-refractivity contribution is 6.36. The molecule has 2 aromatic rings. The van der Waals surface area contributed by atoms with Crippen LogP contribution in [-0.2, 0) is 7.05 Å². The second kappa shape index (κ2) is 4.94. The zero-order valence-electron chi connectivity index (χ0n) is 9.61.